The van der Waals surface area contributed by atoms with Crippen LogP contribution in [0.15, 0.2) is 65.2 Å². The topological polar surface area (TPSA) is 58.9 Å². The van der Waals surface area contributed by atoms with Gasteiger partial charge in [0.15, 0.2) is 0 Å². The van der Waals surface area contributed by atoms with Crippen LogP contribution in [0.4, 0.5) is 5.69 Å². The monoisotopic (exact) mass is 279 g/mol. The van der Waals surface area contributed by atoms with E-state index < -0.39 is 5.97 Å². The largest absolute Gasteiger partial charge is 0.478 e. The van der Waals surface area contributed by atoms with Gasteiger partial charge in [-0.15, -0.1) is 0 Å². The van der Waals surface area contributed by atoms with Crippen molar-refractivity contribution < 1.29 is 14.6 Å². The van der Waals surface area contributed by atoms with E-state index in [1.165, 1.54) is 6.92 Å². The van der Waals surface area contributed by atoms with E-state index in [4.69, 9.17) is 4.74 Å². The summed E-state index contributed by atoms with van der Waals surface area (Å²) in [6, 6.07) is 16.8. The van der Waals surface area contributed by atoms with Gasteiger partial charge in [-0.05, 0) is 31.2 Å². The van der Waals surface area contributed by atoms with Crippen LogP contribution < -0.4 is 0 Å². The number of rotatable bonds is 2. The number of carbonyl (C=O) groups is 1. The standard InChI is InChI=1S/C17H13NO3/c1-11(17(19)20)15-13-9-5-6-10-14(13)18-16(21-15)12-7-3-2-4-8-12/h2-10H,1H3,(H,19,20). The van der Waals surface area contributed by atoms with Crippen LogP contribution in [0.1, 0.15) is 18.1 Å². The third kappa shape index (κ3) is 2.43. The Morgan fingerprint density at radius 2 is 1.71 bits per heavy atom. The van der Waals surface area contributed by atoms with E-state index in [-0.39, 0.29) is 5.57 Å². The number of benzene rings is 2. The van der Waals surface area contributed by atoms with Crippen molar-refractivity contribution in [2.24, 2.45) is 4.99 Å². The molecular formula is C17H13NO3. The second-order valence-electron chi connectivity index (χ2n) is 4.66. The van der Waals surface area contributed by atoms with Gasteiger partial charge in [-0.3, -0.25) is 0 Å². The van der Waals surface area contributed by atoms with Crippen molar-refractivity contribution in [3.63, 3.8) is 0 Å². The first-order valence-electron chi connectivity index (χ1n) is 6.52. The molecular weight excluding hydrogens is 266 g/mol. The zero-order valence-corrected chi connectivity index (χ0v) is 11.4. The molecule has 1 aliphatic heterocycles. The van der Waals surface area contributed by atoms with Gasteiger partial charge in [0.05, 0.1) is 11.3 Å². The summed E-state index contributed by atoms with van der Waals surface area (Å²) >= 11 is 0. The summed E-state index contributed by atoms with van der Waals surface area (Å²) < 4.78 is 5.77. The second kappa shape index (κ2) is 5.25. The highest BCUT2D eigenvalue weighted by Gasteiger charge is 2.23. The third-order valence-corrected chi connectivity index (χ3v) is 3.25. The fraction of sp³-hybridized carbons (Fsp3) is 0.0588. The maximum atomic E-state index is 11.3. The Kier molecular flexibility index (Phi) is 3.28. The highest BCUT2D eigenvalue weighted by atomic mass is 16.5. The molecule has 2 aromatic carbocycles. The van der Waals surface area contributed by atoms with Crippen LogP contribution in [-0.2, 0) is 9.53 Å². The molecule has 1 N–H and O–H groups in total. The van der Waals surface area contributed by atoms with Gasteiger partial charge in [0, 0.05) is 11.1 Å². The van der Waals surface area contributed by atoms with E-state index in [2.05, 4.69) is 4.99 Å². The van der Waals surface area contributed by atoms with Crippen molar-refractivity contribution in [2.75, 3.05) is 0 Å². The maximum Gasteiger partial charge on any atom is 0.335 e. The average Bonchev–Trinajstić information content (AvgIpc) is 2.54. The van der Waals surface area contributed by atoms with Crippen molar-refractivity contribution in [1.29, 1.82) is 0 Å². The van der Waals surface area contributed by atoms with Gasteiger partial charge >= 0.3 is 5.97 Å². The van der Waals surface area contributed by atoms with Crippen LogP contribution in [-0.4, -0.2) is 17.0 Å². The number of aliphatic carboxylic acids is 1. The lowest BCUT2D eigenvalue weighted by Gasteiger charge is -2.20. The first-order valence-corrected chi connectivity index (χ1v) is 6.52. The number of fused-ring (bicyclic) bond motifs is 1. The molecule has 0 fully saturated rings. The number of aliphatic imine (C=N–C) groups is 1. The molecule has 104 valence electrons. The molecule has 0 unspecified atom stereocenters. The van der Waals surface area contributed by atoms with Crippen LogP contribution in [0.2, 0.25) is 0 Å². The van der Waals surface area contributed by atoms with Crippen molar-refractivity contribution >= 4 is 23.3 Å². The van der Waals surface area contributed by atoms with Crippen molar-refractivity contribution in [3.8, 4) is 0 Å². The molecule has 0 atom stereocenters. The lowest BCUT2D eigenvalue weighted by Crippen LogP contribution is -2.13. The predicted octanol–water partition coefficient (Wildman–Crippen LogP) is 3.61. The lowest BCUT2D eigenvalue weighted by atomic mass is 10.1. The Bertz CT molecular complexity index is 761. The van der Waals surface area contributed by atoms with E-state index in [9.17, 15) is 9.90 Å². The number of para-hydroxylation sites is 1. The molecule has 0 radical (unpaired) electrons. The molecule has 4 heteroatoms. The fourth-order valence-electron chi connectivity index (χ4n) is 2.13. The minimum Gasteiger partial charge on any atom is -0.478 e. The Hall–Kier alpha value is -2.88. The SMILES string of the molecule is CC(C(=O)O)=C1OC(c2ccccc2)=Nc2ccccc21. The number of carboxylic acids is 1. The second-order valence-corrected chi connectivity index (χ2v) is 4.66. The Labute approximate surface area is 122 Å². The smallest absolute Gasteiger partial charge is 0.335 e. The highest BCUT2D eigenvalue weighted by Crippen LogP contribution is 2.35. The molecule has 0 aromatic heterocycles. The van der Waals surface area contributed by atoms with E-state index in [1.807, 2.05) is 54.6 Å². The van der Waals surface area contributed by atoms with Crippen LogP contribution in [0, 0.1) is 0 Å². The van der Waals surface area contributed by atoms with E-state index in [1.54, 1.807) is 0 Å². The van der Waals surface area contributed by atoms with Gasteiger partial charge in [-0.1, -0.05) is 30.3 Å². The number of hydrogen-bond acceptors (Lipinski definition) is 3. The van der Waals surface area contributed by atoms with Crippen LogP contribution in [0.3, 0.4) is 0 Å². The Balaban J connectivity index is 2.19. The first kappa shape index (κ1) is 13.1. The van der Waals surface area contributed by atoms with Gasteiger partial charge < -0.3 is 9.84 Å². The quantitative estimate of drug-likeness (QED) is 0.854. The summed E-state index contributed by atoms with van der Waals surface area (Å²) in [6.45, 7) is 1.53. The van der Waals surface area contributed by atoms with Crippen molar-refractivity contribution in [3.05, 3.63) is 71.3 Å². The molecule has 21 heavy (non-hydrogen) atoms. The molecule has 0 spiro atoms. The molecule has 0 bridgehead atoms. The summed E-state index contributed by atoms with van der Waals surface area (Å²) in [5.74, 6) is -0.258. The summed E-state index contributed by atoms with van der Waals surface area (Å²) in [7, 11) is 0. The number of ether oxygens (including phenoxy) is 1. The minimum atomic E-state index is -1.01. The molecule has 3 rings (SSSR count). The first-order chi connectivity index (χ1) is 10.2. The molecule has 0 saturated heterocycles. The normalized spacial score (nSPS) is 15.6. The summed E-state index contributed by atoms with van der Waals surface area (Å²) in [5, 5.41) is 9.24. The van der Waals surface area contributed by atoms with Crippen LogP contribution >= 0.6 is 0 Å². The number of carboxylic acid groups (broad SMARTS) is 1. The van der Waals surface area contributed by atoms with Gasteiger partial charge in [0.2, 0.25) is 5.90 Å². The van der Waals surface area contributed by atoms with Crippen molar-refractivity contribution in [2.45, 2.75) is 6.92 Å². The highest BCUT2D eigenvalue weighted by molar-refractivity contribution is 6.05. The fourth-order valence-corrected chi connectivity index (χ4v) is 2.13. The molecule has 0 amide bonds. The zero-order chi connectivity index (χ0) is 14.8. The van der Waals surface area contributed by atoms with Crippen molar-refractivity contribution in [1.82, 2.24) is 0 Å². The summed E-state index contributed by atoms with van der Waals surface area (Å²) in [5.41, 5.74) is 2.36. The van der Waals surface area contributed by atoms with Crippen LogP contribution in [0.5, 0.6) is 0 Å². The predicted molar refractivity (Wildman–Crippen MR) is 80.4 cm³/mol. The minimum absolute atomic E-state index is 0.158. The maximum absolute atomic E-state index is 11.3. The molecule has 4 nitrogen and oxygen atoms in total. The molecule has 2 aromatic rings. The number of nitrogens with zero attached hydrogens (tertiary/aromatic N) is 1. The summed E-state index contributed by atoms with van der Waals surface area (Å²) in [4.78, 5) is 15.7. The molecule has 0 aliphatic carbocycles. The third-order valence-electron chi connectivity index (χ3n) is 3.25. The molecule has 0 saturated carbocycles. The molecule has 1 aliphatic rings. The number of hydrogen-bond donors (Lipinski definition) is 1. The Morgan fingerprint density at radius 3 is 2.43 bits per heavy atom. The van der Waals surface area contributed by atoms with E-state index in [0.29, 0.717) is 22.9 Å². The molecule has 1 heterocycles. The average molecular weight is 279 g/mol. The summed E-state index contributed by atoms with van der Waals surface area (Å²) in [6.07, 6.45) is 0. The van der Waals surface area contributed by atoms with Gasteiger partial charge in [0.1, 0.15) is 5.76 Å². The van der Waals surface area contributed by atoms with Gasteiger partial charge in [-0.25, -0.2) is 9.79 Å². The lowest BCUT2D eigenvalue weighted by molar-refractivity contribution is -0.132. The zero-order valence-electron chi connectivity index (χ0n) is 11.4. The van der Waals surface area contributed by atoms with Crippen LogP contribution in [0.25, 0.3) is 5.76 Å². The van der Waals surface area contributed by atoms with E-state index in [0.717, 1.165) is 5.56 Å². The van der Waals surface area contributed by atoms with Gasteiger partial charge in [0.25, 0.3) is 0 Å². The van der Waals surface area contributed by atoms with E-state index >= 15 is 0 Å². The van der Waals surface area contributed by atoms with Gasteiger partial charge in [-0.2, -0.15) is 0 Å². The Morgan fingerprint density at radius 1 is 1.05 bits per heavy atom.